The summed E-state index contributed by atoms with van der Waals surface area (Å²) < 4.78 is 0. The molecule has 0 bridgehead atoms. The van der Waals surface area contributed by atoms with E-state index in [9.17, 15) is 0 Å². The highest BCUT2D eigenvalue weighted by Gasteiger charge is 2.17. The zero-order valence-electron chi connectivity index (χ0n) is 14.6. The van der Waals surface area contributed by atoms with Crippen molar-refractivity contribution in [3.63, 3.8) is 0 Å². The number of rotatable bonds is 6. The van der Waals surface area contributed by atoms with Crippen molar-refractivity contribution in [1.29, 1.82) is 0 Å². The molecule has 2 aromatic carbocycles. The number of hydrogen-bond acceptors (Lipinski definition) is 6. The van der Waals surface area contributed by atoms with E-state index >= 15 is 0 Å². The normalized spacial score (nSPS) is 13.2. The SMILES string of the molecule is C[C@H](N[C@@H](C)c1ccccc1Cl)c1nc(N)nc(Nc2ccccc2)n1. The van der Waals surface area contributed by atoms with Crippen LogP contribution in [0.4, 0.5) is 17.6 Å². The molecule has 1 aromatic heterocycles. The second kappa shape index (κ2) is 8.12. The highest BCUT2D eigenvalue weighted by molar-refractivity contribution is 6.31. The van der Waals surface area contributed by atoms with Crippen LogP contribution in [-0.4, -0.2) is 15.0 Å². The van der Waals surface area contributed by atoms with Crippen molar-refractivity contribution >= 4 is 29.2 Å². The Balaban J connectivity index is 1.77. The highest BCUT2D eigenvalue weighted by atomic mass is 35.5. The van der Waals surface area contributed by atoms with Gasteiger partial charge in [0.15, 0.2) is 5.82 Å². The predicted molar refractivity (Wildman–Crippen MR) is 105 cm³/mol. The maximum absolute atomic E-state index is 6.28. The van der Waals surface area contributed by atoms with Crippen LogP contribution in [0.5, 0.6) is 0 Å². The molecule has 0 aliphatic heterocycles. The number of benzene rings is 2. The van der Waals surface area contributed by atoms with E-state index in [2.05, 4.69) is 25.6 Å². The number of aromatic nitrogens is 3. The van der Waals surface area contributed by atoms with Crippen molar-refractivity contribution in [3.8, 4) is 0 Å². The fraction of sp³-hybridized carbons (Fsp3) is 0.211. The maximum atomic E-state index is 6.28. The summed E-state index contributed by atoms with van der Waals surface area (Å²) in [5, 5.41) is 7.32. The van der Waals surface area contributed by atoms with E-state index in [0.717, 1.165) is 16.3 Å². The van der Waals surface area contributed by atoms with Gasteiger partial charge >= 0.3 is 0 Å². The summed E-state index contributed by atoms with van der Waals surface area (Å²) in [5.41, 5.74) is 7.77. The Bertz CT molecular complexity index is 871. The molecule has 0 aliphatic carbocycles. The quantitative estimate of drug-likeness (QED) is 0.602. The molecule has 2 atom stereocenters. The zero-order valence-corrected chi connectivity index (χ0v) is 15.4. The van der Waals surface area contributed by atoms with Crippen molar-refractivity contribution in [3.05, 3.63) is 71.0 Å². The first kappa shape index (κ1) is 18.1. The van der Waals surface area contributed by atoms with Crippen molar-refractivity contribution in [2.75, 3.05) is 11.1 Å². The van der Waals surface area contributed by atoms with E-state index in [0.29, 0.717) is 11.8 Å². The van der Waals surface area contributed by atoms with Crippen LogP contribution in [0.15, 0.2) is 54.6 Å². The van der Waals surface area contributed by atoms with E-state index in [4.69, 9.17) is 17.3 Å². The third-order valence-corrected chi connectivity index (χ3v) is 4.30. The first-order chi connectivity index (χ1) is 12.5. The molecule has 1 heterocycles. The molecule has 0 fully saturated rings. The summed E-state index contributed by atoms with van der Waals surface area (Å²) in [6.07, 6.45) is 0. The lowest BCUT2D eigenvalue weighted by Crippen LogP contribution is -2.25. The van der Waals surface area contributed by atoms with Gasteiger partial charge < -0.3 is 16.4 Å². The summed E-state index contributed by atoms with van der Waals surface area (Å²) in [6.45, 7) is 4.03. The molecular formula is C19H21ClN6. The molecule has 6 nitrogen and oxygen atoms in total. The van der Waals surface area contributed by atoms with Crippen LogP contribution >= 0.6 is 11.6 Å². The third-order valence-electron chi connectivity index (χ3n) is 3.96. The summed E-state index contributed by atoms with van der Waals surface area (Å²) in [6, 6.07) is 17.3. The van der Waals surface area contributed by atoms with Gasteiger partial charge in [-0.25, -0.2) is 0 Å². The van der Waals surface area contributed by atoms with Crippen LogP contribution in [0.3, 0.4) is 0 Å². The molecule has 0 amide bonds. The van der Waals surface area contributed by atoms with Crippen molar-refractivity contribution in [2.45, 2.75) is 25.9 Å². The smallest absolute Gasteiger partial charge is 0.232 e. The van der Waals surface area contributed by atoms with Crippen LogP contribution in [0.1, 0.15) is 37.3 Å². The Labute approximate surface area is 157 Å². The Morgan fingerprint density at radius 2 is 1.58 bits per heavy atom. The van der Waals surface area contributed by atoms with Crippen LogP contribution in [0, 0.1) is 0 Å². The number of nitrogens with two attached hydrogens (primary N) is 1. The standard InChI is InChI=1S/C19H21ClN6/c1-12(15-10-6-7-11-16(15)20)22-13(2)17-24-18(21)26-19(25-17)23-14-8-4-3-5-9-14/h3-13,22H,1-2H3,(H3,21,23,24,25,26)/t12-,13-/m0/s1. The number of anilines is 3. The van der Waals surface area contributed by atoms with Gasteiger partial charge in [0.05, 0.1) is 6.04 Å². The number of para-hydroxylation sites is 1. The minimum Gasteiger partial charge on any atom is -0.368 e. The van der Waals surface area contributed by atoms with Crippen LogP contribution in [0.2, 0.25) is 5.02 Å². The lowest BCUT2D eigenvalue weighted by Gasteiger charge is -2.20. The van der Waals surface area contributed by atoms with Gasteiger partial charge in [0.2, 0.25) is 11.9 Å². The Morgan fingerprint density at radius 3 is 2.31 bits per heavy atom. The van der Waals surface area contributed by atoms with E-state index in [1.165, 1.54) is 0 Å². The van der Waals surface area contributed by atoms with E-state index in [1.807, 2.05) is 68.4 Å². The van der Waals surface area contributed by atoms with Crippen LogP contribution in [0.25, 0.3) is 0 Å². The molecule has 0 spiro atoms. The number of halogens is 1. The number of nitrogens with zero attached hydrogens (tertiary/aromatic N) is 3. The van der Waals surface area contributed by atoms with Gasteiger partial charge in [0, 0.05) is 16.8 Å². The van der Waals surface area contributed by atoms with E-state index < -0.39 is 0 Å². The van der Waals surface area contributed by atoms with Crippen molar-refractivity contribution in [2.24, 2.45) is 0 Å². The minimum absolute atomic E-state index is 0.0298. The first-order valence-corrected chi connectivity index (χ1v) is 8.74. The Morgan fingerprint density at radius 1 is 0.885 bits per heavy atom. The summed E-state index contributed by atoms with van der Waals surface area (Å²) in [5.74, 6) is 1.15. The molecule has 3 aromatic rings. The van der Waals surface area contributed by atoms with Gasteiger partial charge in [-0.15, -0.1) is 0 Å². The van der Waals surface area contributed by atoms with Crippen molar-refractivity contribution < 1.29 is 0 Å². The summed E-state index contributed by atoms with van der Waals surface area (Å²) in [4.78, 5) is 12.9. The molecule has 0 saturated carbocycles. The average molecular weight is 369 g/mol. The molecule has 7 heteroatoms. The second-order valence-corrected chi connectivity index (χ2v) is 6.41. The number of hydrogen-bond donors (Lipinski definition) is 3. The topological polar surface area (TPSA) is 88.8 Å². The largest absolute Gasteiger partial charge is 0.368 e. The van der Waals surface area contributed by atoms with Gasteiger partial charge in [-0.3, -0.25) is 0 Å². The van der Waals surface area contributed by atoms with Crippen molar-refractivity contribution in [1.82, 2.24) is 20.3 Å². The highest BCUT2D eigenvalue weighted by Crippen LogP contribution is 2.25. The van der Waals surface area contributed by atoms with E-state index in [1.54, 1.807) is 0 Å². The third kappa shape index (κ3) is 4.47. The maximum Gasteiger partial charge on any atom is 0.232 e. The van der Waals surface area contributed by atoms with Gasteiger partial charge in [-0.1, -0.05) is 48.0 Å². The second-order valence-electron chi connectivity index (χ2n) is 6.00. The molecule has 0 saturated heterocycles. The average Bonchev–Trinajstić information content (AvgIpc) is 2.62. The molecule has 4 N–H and O–H groups in total. The van der Waals surface area contributed by atoms with Gasteiger partial charge in [0.25, 0.3) is 0 Å². The van der Waals surface area contributed by atoms with Gasteiger partial charge in [-0.05, 0) is 37.6 Å². The zero-order chi connectivity index (χ0) is 18.5. The molecule has 134 valence electrons. The lowest BCUT2D eigenvalue weighted by molar-refractivity contribution is 0.476. The fourth-order valence-corrected chi connectivity index (χ4v) is 2.97. The molecule has 0 radical (unpaired) electrons. The number of nitrogen functional groups attached to an aromatic ring is 1. The molecule has 3 rings (SSSR count). The molecule has 0 aliphatic rings. The van der Waals surface area contributed by atoms with Gasteiger partial charge in [-0.2, -0.15) is 15.0 Å². The lowest BCUT2D eigenvalue weighted by atomic mass is 10.1. The Hall–Kier alpha value is -2.70. The predicted octanol–water partition coefficient (Wildman–Crippen LogP) is 4.26. The van der Waals surface area contributed by atoms with E-state index in [-0.39, 0.29) is 18.0 Å². The Kier molecular flexibility index (Phi) is 5.65. The van der Waals surface area contributed by atoms with Crippen LogP contribution in [-0.2, 0) is 0 Å². The fourth-order valence-electron chi connectivity index (χ4n) is 2.68. The summed E-state index contributed by atoms with van der Waals surface area (Å²) >= 11 is 6.28. The van der Waals surface area contributed by atoms with Gasteiger partial charge in [0.1, 0.15) is 0 Å². The first-order valence-electron chi connectivity index (χ1n) is 8.37. The summed E-state index contributed by atoms with van der Waals surface area (Å²) in [7, 11) is 0. The van der Waals surface area contributed by atoms with Crippen LogP contribution < -0.4 is 16.4 Å². The molecule has 0 unspecified atom stereocenters. The molecule has 26 heavy (non-hydrogen) atoms. The molecular weight excluding hydrogens is 348 g/mol. The number of nitrogens with one attached hydrogen (secondary N) is 2. The monoisotopic (exact) mass is 368 g/mol. The minimum atomic E-state index is -0.136.